The molecule has 0 aliphatic carbocycles. The number of aromatic nitrogens is 2. The molecular formula is C19H19N3O5S. The van der Waals surface area contributed by atoms with Crippen molar-refractivity contribution >= 4 is 38.9 Å². The number of amides is 1. The maximum Gasteiger partial charge on any atom is 0.332 e. The Morgan fingerprint density at radius 2 is 1.82 bits per heavy atom. The number of Topliss-reactive ketones (excluding diaryl/α,β-unsaturated/α-hetero) is 1. The summed E-state index contributed by atoms with van der Waals surface area (Å²) >= 11 is 1.22. The van der Waals surface area contributed by atoms with E-state index in [4.69, 9.17) is 4.74 Å². The Bertz CT molecular complexity index is 1140. The molecule has 0 aliphatic rings. The number of nitrogens with one attached hydrogen (secondary N) is 1. The van der Waals surface area contributed by atoms with Gasteiger partial charge in [0.1, 0.15) is 11.2 Å². The van der Waals surface area contributed by atoms with Crippen LogP contribution in [0.2, 0.25) is 0 Å². The summed E-state index contributed by atoms with van der Waals surface area (Å²) in [5.41, 5.74) is 0.533. The maximum atomic E-state index is 12.8. The van der Waals surface area contributed by atoms with Crippen LogP contribution in [-0.2, 0) is 22.6 Å². The number of anilines is 1. The van der Waals surface area contributed by atoms with E-state index >= 15 is 0 Å². The van der Waals surface area contributed by atoms with Crippen LogP contribution in [0.25, 0.3) is 10.2 Å². The van der Waals surface area contributed by atoms with Crippen molar-refractivity contribution in [2.24, 2.45) is 0 Å². The standard InChI is InChI=1S/C19H19N3O5S/c1-12(23)13-3-5-14(6-4-13)20-16(24)11-22-15-7-10-28-17(15)18(25)21(19(22)26)8-9-27-2/h3-7,10H,8-9,11H2,1-2H3,(H,20,24). The molecule has 1 aromatic carbocycles. The van der Waals surface area contributed by atoms with Gasteiger partial charge in [0.05, 0.1) is 18.7 Å². The smallest absolute Gasteiger partial charge is 0.332 e. The molecule has 0 fully saturated rings. The lowest BCUT2D eigenvalue weighted by molar-refractivity contribution is -0.116. The molecule has 0 saturated carbocycles. The molecule has 1 N–H and O–H groups in total. The van der Waals surface area contributed by atoms with Crippen molar-refractivity contribution in [3.63, 3.8) is 0 Å². The monoisotopic (exact) mass is 401 g/mol. The summed E-state index contributed by atoms with van der Waals surface area (Å²) in [5, 5.41) is 4.41. The van der Waals surface area contributed by atoms with Gasteiger partial charge in [-0.15, -0.1) is 11.3 Å². The Labute approximate surface area is 164 Å². The van der Waals surface area contributed by atoms with Crippen molar-refractivity contribution in [2.45, 2.75) is 20.0 Å². The molecule has 0 bridgehead atoms. The quantitative estimate of drug-likeness (QED) is 0.608. The fourth-order valence-electron chi connectivity index (χ4n) is 2.80. The van der Waals surface area contributed by atoms with Crippen LogP contribution in [0.3, 0.4) is 0 Å². The molecule has 9 heteroatoms. The van der Waals surface area contributed by atoms with E-state index < -0.39 is 11.6 Å². The van der Waals surface area contributed by atoms with Crippen LogP contribution in [0.4, 0.5) is 5.69 Å². The minimum atomic E-state index is -0.560. The summed E-state index contributed by atoms with van der Waals surface area (Å²) in [4.78, 5) is 49.1. The van der Waals surface area contributed by atoms with E-state index in [0.717, 1.165) is 4.57 Å². The number of benzene rings is 1. The van der Waals surface area contributed by atoms with Gasteiger partial charge in [-0.1, -0.05) is 0 Å². The maximum absolute atomic E-state index is 12.8. The number of hydrogen-bond donors (Lipinski definition) is 1. The first-order chi connectivity index (χ1) is 13.4. The number of rotatable bonds is 7. The molecule has 0 aliphatic heterocycles. The summed E-state index contributed by atoms with van der Waals surface area (Å²) in [6, 6.07) is 8.13. The topological polar surface area (TPSA) is 99.4 Å². The number of ether oxygens (including phenoxy) is 1. The van der Waals surface area contributed by atoms with Gasteiger partial charge in [0.15, 0.2) is 5.78 Å². The minimum Gasteiger partial charge on any atom is -0.383 e. The second kappa shape index (κ2) is 8.32. The Morgan fingerprint density at radius 1 is 1.11 bits per heavy atom. The molecule has 0 saturated heterocycles. The lowest BCUT2D eigenvalue weighted by Crippen LogP contribution is -2.42. The molecule has 0 radical (unpaired) electrons. The van der Waals surface area contributed by atoms with Gasteiger partial charge in [-0.25, -0.2) is 4.79 Å². The average molecular weight is 401 g/mol. The molecule has 0 atom stereocenters. The third kappa shape index (κ3) is 3.95. The Balaban J connectivity index is 1.89. The summed E-state index contributed by atoms with van der Waals surface area (Å²) in [6.07, 6.45) is 0. The number of thiophene rings is 1. The van der Waals surface area contributed by atoms with Crippen LogP contribution >= 0.6 is 11.3 Å². The highest BCUT2D eigenvalue weighted by atomic mass is 32.1. The van der Waals surface area contributed by atoms with Crippen molar-refractivity contribution in [3.05, 3.63) is 62.1 Å². The number of nitrogens with zero attached hydrogens (tertiary/aromatic N) is 2. The molecule has 1 amide bonds. The molecule has 3 aromatic rings. The largest absolute Gasteiger partial charge is 0.383 e. The van der Waals surface area contributed by atoms with Gasteiger partial charge in [-0.05, 0) is 42.6 Å². The predicted octanol–water partition coefficient (Wildman–Crippen LogP) is 1.71. The highest BCUT2D eigenvalue weighted by Crippen LogP contribution is 2.16. The van der Waals surface area contributed by atoms with Gasteiger partial charge in [-0.3, -0.25) is 23.5 Å². The number of fused-ring (bicyclic) bond motifs is 1. The Kier molecular flexibility index (Phi) is 5.86. The van der Waals surface area contributed by atoms with Crippen LogP contribution in [-0.4, -0.2) is 34.5 Å². The van der Waals surface area contributed by atoms with E-state index in [-0.39, 0.29) is 31.0 Å². The van der Waals surface area contributed by atoms with Gasteiger partial charge in [0, 0.05) is 18.4 Å². The van der Waals surface area contributed by atoms with Crippen molar-refractivity contribution < 1.29 is 14.3 Å². The van der Waals surface area contributed by atoms with Gasteiger partial charge >= 0.3 is 5.69 Å². The van der Waals surface area contributed by atoms with E-state index in [2.05, 4.69) is 5.32 Å². The van der Waals surface area contributed by atoms with Gasteiger partial charge in [0.25, 0.3) is 5.56 Å². The zero-order valence-electron chi connectivity index (χ0n) is 15.4. The molecule has 0 spiro atoms. The summed E-state index contributed by atoms with van der Waals surface area (Å²) in [5.74, 6) is -0.482. The summed E-state index contributed by atoms with van der Waals surface area (Å²) in [6.45, 7) is 1.54. The van der Waals surface area contributed by atoms with Gasteiger partial charge in [0.2, 0.25) is 5.91 Å². The third-order valence-corrected chi connectivity index (χ3v) is 5.12. The van der Waals surface area contributed by atoms with E-state index in [1.807, 2.05) is 0 Å². The zero-order chi connectivity index (χ0) is 20.3. The number of hydrogen-bond acceptors (Lipinski definition) is 6. The normalized spacial score (nSPS) is 10.9. The number of methoxy groups -OCH3 is 1. The minimum absolute atomic E-state index is 0.0670. The summed E-state index contributed by atoms with van der Waals surface area (Å²) < 4.78 is 7.74. The molecule has 3 rings (SSSR count). The molecular weight excluding hydrogens is 382 g/mol. The number of carbonyl (C=O) groups excluding carboxylic acids is 2. The Morgan fingerprint density at radius 3 is 2.46 bits per heavy atom. The van der Waals surface area contributed by atoms with Crippen LogP contribution in [0.15, 0.2) is 45.3 Å². The first-order valence-corrected chi connectivity index (χ1v) is 9.41. The average Bonchev–Trinajstić information content (AvgIpc) is 3.15. The molecule has 146 valence electrons. The summed E-state index contributed by atoms with van der Waals surface area (Å²) in [7, 11) is 1.48. The lowest BCUT2D eigenvalue weighted by Gasteiger charge is -2.12. The lowest BCUT2D eigenvalue weighted by atomic mass is 10.1. The zero-order valence-corrected chi connectivity index (χ0v) is 16.2. The van der Waals surface area contributed by atoms with Crippen LogP contribution < -0.4 is 16.6 Å². The van der Waals surface area contributed by atoms with Gasteiger partial charge < -0.3 is 10.1 Å². The van der Waals surface area contributed by atoms with E-state index in [1.165, 1.54) is 29.9 Å². The first-order valence-electron chi connectivity index (χ1n) is 8.53. The highest BCUT2D eigenvalue weighted by molar-refractivity contribution is 7.17. The second-order valence-electron chi connectivity index (χ2n) is 6.13. The highest BCUT2D eigenvalue weighted by Gasteiger charge is 2.16. The SMILES string of the molecule is COCCn1c(=O)c2sccc2n(CC(=O)Nc2ccc(C(C)=O)cc2)c1=O. The third-order valence-electron chi connectivity index (χ3n) is 4.23. The van der Waals surface area contributed by atoms with Gasteiger partial charge in [-0.2, -0.15) is 0 Å². The van der Waals surface area contributed by atoms with Crippen molar-refractivity contribution in [1.82, 2.24) is 9.13 Å². The van der Waals surface area contributed by atoms with Crippen LogP contribution in [0, 0.1) is 0 Å². The van der Waals surface area contributed by atoms with Crippen molar-refractivity contribution in [1.29, 1.82) is 0 Å². The fraction of sp³-hybridized carbons (Fsp3) is 0.263. The van der Waals surface area contributed by atoms with E-state index in [9.17, 15) is 19.2 Å². The first kappa shape index (κ1) is 19.7. The van der Waals surface area contributed by atoms with Crippen molar-refractivity contribution in [2.75, 3.05) is 19.0 Å². The molecule has 28 heavy (non-hydrogen) atoms. The fourth-order valence-corrected chi connectivity index (χ4v) is 3.64. The second-order valence-corrected chi connectivity index (χ2v) is 7.05. The molecule has 2 aromatic heterocycles. The van der Waals surface area contributed by atoms with Crippen LogP contribution in [0.1, 0.15) is 17.3 Å². The van der Waals surface area contributed by atoms with E-state index in [0.29, 0.717) is 21.5 Å². The molecule has 2 heterocycles. The predicted molar refractivity (Wildman–Crippen MR) is 107 cm³/mol. The number of carbonyl (C=O) groups is 2. The van der Waals surface area contributed by atoms with Crippen LogP contribution in [0.5, 0.6) is 0 Å². The van der Waals surface area contributed by atoms with Crippen molar-refractivity contribution in [3.8, 4) is 0 Å². The molecule has 8 nitrogen and oxygen atoms in total. The molecule has 0 unspecified atom stereocenters. The Hall–Kier alpha value is -3.04. The van der Waals surface area contributed by atoms with E-state index in [1.54, 1.807) is 35.7 Å². The number of ketones is 1.